The molecule has 4 rings (SSSR count). The molecule has 0 saturated carbocycles. The second kappa shape index (κ2) is 10.4. The van der Waals surface area contributed by atoms with E-state index < -0.39 is 11.3 Å². The third-order valence-electron chi connectivity index (χ3n) is 5.72. The van der Waals surface area contributed by atoms with Gasteiger partial charge in [0.15, 0.2) is 5.58 Å². The normalized spacial score (nSPS) is 11.6. The molecule has 0 unspecified atom stereocenters. The third-order valence-corrected chi connectivity index (χ3v) is 5.96. The predicted molar refractivity (Wildman–Crippen MR) is 129 cm³/mol. The van der Waals surface area contributed by atoms with E-state index in [1.807, 2.05) is 0 Å². The number of quaternary nitrogens is 1. The van der Waals surface area contributed by atoms with Crippen LogP contribution in [0.2, 0.25) is 5.02 Å². The lowest BCUT2D eigenvalue weighted by Crippen LogP contribution is -3.11. The van der Waals surface area contributed by atoms with Gasteiger partial charge in [0.2, 0.25) is 0 Å². The molecule has 0 bridgehead atoms. The van der Waals surface area contributed by atoms with E-state index in [-0.39, 0.29) is 16.9 Å². The van der Waals surface area contributed by atoms with E-state index in [0.717, 1.165) is 4.90 Å². The first kappa shape index (κ1) is 24.0. The largest absolute Gasteiger partial charge is 0.507 e. The Bertz CT molecular complexity index is 1440. The number of aromatic hydroxyl groups is 1. The van der Waals surface area contributed by atoms with Gasteiger partial charge in [-0.25, -0.2) is 9.59 Å². The molecule has 34 heavy (non-hydrogen) atoms. The number of phenolic OH excluding ortho intramolecular Hbond substituents is 1. The van der Waals surface area contributed by atoms with E-state index in [0.29, 0.717) is 65.4 Å². The zero-order valence-electron chi connectivity index (χ0n) is 18.9. The number of methoxy groups -OCH3 is 2. The molecule has 0 saturated heterocycles. The van der Waals surface area contributed by atoms with E-state index in [1.165, 1.54) is 12.1 Å². The Morgan fingerprint density at radius 3 is 2.38 bits per heavy atom. The molecule has 0 aliphatic rings. The molecule has 178 valence electrons. The zero-order chi connectivity index (χ0) is 24.2. The van der Waals surface area contributed by atoms with Crippen molar-refractivity contribution >= 4 is 33.5 Å². The van der Waals surface area contributed by atoms with Crippen molar-refractivity contribution in [3.05, 3.63) is 73.9 Å². The number of hydrogen-bond donors (Lipinski definition) is 2. The highest BCUT2D eigenvalue weighted by molar-refractivity contribution is 6.31. The summed E-state index contributed by atoms with van der Waals surface area (Å²) in [4.78, 5) is 26.4. The SMILES string of the molecule is COCC[NH+](CCOC)Cc1c(O)ccc2c(-c3cc4cc(Cl)ccc4oc3=O)cc(=O)oc12. The van der Waals surface area contributed by atoms with Crippen molar-refractivity contribution in [3.63, 3.8) is 0 Å². The van der Waals surface area contributed by atoms with E-state index in [4.69, 9.17) is 29.9 Å². The second-order valence-corrected chi connectivity index (χ2v) is 8.40. The summed E-state index contributed by atoms with van der Waals surface area (Å²) in [5.41, 5.74) is 0.399. The quantitative estimate of drug-likeness (QED) is 0.350. The van der Waals surface area contributed by atoms with Crippen LogP contribution in [0.4, 0.5) is 0 Å². The molecule has 0 radical (unpaired) electrons. The van der Waals surface area contributed by atoms with Gasteiger partial charge in [-0.2, -0.15) is 0 Å². The summed E-state index contributed by atoms with van der Waals surface area (Å²) in [6.45, 7) is 2.72. The lowest BCUT2D eigenvalue weighted by atomic mass is 9.99. The molecule has 4 aromatic rings. The molecular weight excluding hydrogens is 462 g/mol. The number of phenols is 1. The van der Waals surface area contributed by atoms with Gasteiger partial charge in [0.1, 0.15) is 31.0 Å². The van der Waals surface area contributed by atoms with Gasteiger partial charge in [0.05, 0.1) is 24.3 Å². The lowest BCUT2D eigenvalue weighted by Gasteiger charge is -2.20. The topological polar surface area (TPSA) is 104 Å². The molecule has 9 heteroatoms. The molecule has 0 atom stereocenters. The molecule has 0 aliphatic heterocycles. The summed E-state index contributed by atoms with van der Waals surface area (Å²) >= 11 is 6.10. The minimum Gasteiger partial charge on any atom is -0.507 e. The Kier molecular flexibility index (Phi) is 7.33. The zero-order valence-corrected chi connectivity index (χ0v) is 19.6. The Morgan fingerprint density at radius 1 is 0.941 bits per heavy atom. The van der Waals surface area contributed by atoms with E-state index in [9.17, 15) is 14.7 Å². The van der Waals surface area contributed by atoms with Crippen LogP contribution >= 0.6 is 11.6 Å². The first-order valence-corrected chi connectivity index (χ1v) is 11.1. The van der Waals surface area contributed by atoms with Crippen molar-refractivity contribution in [2.75, 3.05) is 40.5 Å². The summed E-state index contributed by atoms with van der Waals surface area (Å²) in [7, 11) is 3.24. The van der Waals surface area contributed by atoms with E-state index in [2.05, 4.69) is 0 Å². The van der Waals surface area contributed by atoms with Crippen molar-refractivity contribution in [2.45, 2.75) is 6.54 Å². The molecule has 2 aromatic carbocycles. The van der Waals surface area contributed by atoms with Gasteiger partial charge in [0, 0.05) is 41.6 Å². The second-order valence-electron chi connectivity index (χ2n) is 7.96. The number of halogens is 1. The molecule has 2 aromatic heterocycles. The van der Waals surface area contributed by atoms with Crippen LogP contribution in [-0.2, 0) is 16.0 Å². The summed E-state index contributed by atoms with van der Waals surface area (Å²) in [6.07, 6.45) is 0. The van der Waals surface area contributed by atoms with Crippen LogP contribution in [0.5, 0.6) is 5.75 Å². The van der Waals surface area contributed by atoms with Gasteiger partial charge in [-0.1, -0.05) is 11.6 Å². The highest BCUT2D eigenvalue weighted by atomic mass is 35.5. The monoisotopic (exact) mass is 486 g/mol. The standard InChI is InChI=1S/C25H24ClNO7/c1-31-9-7-27(8-10-32-2)14-20-21(28)5-4-17-18(13-23(29)34-24(17)20)19-12-15-11-16(26)3-6-22(15)33-25(19)30/h3-6,11-13,28H,7-10,14H2,1-2H3/p+1. The number of benzene rings is 2. The van der Waals surface area contributed by atoms with Crippen LogP contribution < -0.4 is 16.2 Å². The van der Waals surface area contributed by atoms with Crippen LogP contribution in [0, 0.1) is 0 Å². The van der Waals surface area contributed by atoms with Crippen molar-refractivity contribution < 1.29 is 28.3 Å². The van der Waals surface area contributed by atoms with Gasteiger partial charge in [-0.15, -0.1) is 0 Å². The van der Waals surface area contributed by atoms with Gasteiger partial charge in [-0.3, -0.25) is 0 Å². The molecule has 0 spiro atoms. The smallest absolute Gasteiger partial charge is 0.344 e. The van der Waals surface area contributed by atoms with Gasteiger partial charge in [-0.05, 0) is 36.4 Å². The fourth-order valence-electron chi connectivity index (χ4n) is 3.99. The fraction of sp³-hybridized carbons (Fsp3) is 0.280. The Hall–Kier alpha value is -3.17. The summed E-state index contributed by atoms with van der Waals surface area (Å²) in [6, 6.07) is 11.0. The number of ether oxygens (including phenoxy) is 2. The molecule has 0 amide bonds. The summed E-state index contributed by atoms with van der Waals surface area (Å²) in [5, 5.41) is 12.3. The highest BCUT2D eigenvalue weighted by Gasteiger charge is 2.21. The fourth-order valence-corrected chi connectivity index (χ4v) is 4.17. The Labute approximate surface area is 199 Å². The van der Waals surface area contributed by atoms with Crippen molar-refractivity contribution in [2.24, 2.45) is 0 Å². The van der Waals surface area contributed by atoms with Crippen molar-refractivity contribution in [1.82, 2.24) is 0 Å². The maximum atomic E-state index is 12.8. The average Bonchev–Trinajstić information content (AvgIpc) is 2.81. The first-order chi connectivity index (χ1) is 16.4. The number of rotatable bonds is 9. The van der Waals surface area contributed by atoms with Gasteiger partial charge < -0.3 is 28.3 Å². The molecular formula is C25H25ClNO7+. The first-order valence-electron chi connectivity index (χ1n) is 10.7. The number of fused-ring (bicyclic) bond motifs is 2. The van der Waals surface area contributed by atoms with Crippen LogP contribution in [0.1, 0.15) is 5.56 Å². The molecule has 2 N–H and O–H groups in total. The molecule has 0 fully saturated rings. The van der Waals surface area contributed by atoms with Crippen LogP contribution in [0.25, 0.3) is 33.1 Å². The molecule has 8 nitrogen and oxygen atoms in total. The van der Waals surface area contributed by atoms with Crippen molar-refractivity contribution in [3.8, 4) is 16.9 Å². The van der Waals surface area contributed by atoms with Gasteiger partial charge >= 0.3 is 11.3 Å². The van der Waals surface area contributed by atoms with Gasteiger partial charge in [0.25, 0.3) is 0 Å². The number of hydrogen-bond acceptors (Lipinski definition) is 7. The third kappa shape index (κ3) is 5.00. The number of nitrogens with one attached hydrogen (secondary N) is 1. The molecule has 2 heterocycles. The summed E-state index contributed by atoms with van der Waals surface area (Å²) in [5.74, 6) is -0.00235. The van der Waals surface area contributed by atoms with E-state index in [1.54, 1.807) is 44.6 Å². The van der Waals surface area contributed by atoms with E-state index >= 15 is 0 Å². The highest BCUT2D eigenvalue weighted by Crippen LogP contribution is 2.33. The minimum absolute atomic E-state index is 0.00235. The lowest BCUT2D eigenvalue weighted by molar-refractivity contribution is -0.914. The predicted octanol–water partition coefficient (Wildman–Crippen LogP) is 2.60. The van der Waals surface area contributed by atoms with Crippen LogP contribution in [0.3, 0.4) is 0 Å². The van der Waals surface area contributed by atoms with Crippen LogP contribution in [0.15, 0.2) is 60.9 Å². The Balaban J connectivity index is 1.88. The maximum Gasteiger partial charge on any atom is 0.344 e. The molecule has 0 aliphatic carbocycles. The summed E-state index contributed by atoms with van der Waals surface area (Å²) < 4.78 is 21.4. The Morgan fingerprint density at radius 2 is 1.68 bits per heavy atom. The maximum absolute atomic E-state index is 12.8. The minimum atomic E-state index is -0.643. The average molecular weight is 487 g/mol. The van der Waals surface area contributed by atoms with Crippen LogP contribution in [-0.4, -0.2) is 45.6 Å². The van der Waals surface area contributed by atoms with Crippen molar-refractivity contribution in [1.29, 1.82) is 0 Å².